The Balaban J connectivity index is 2.45. The maximum absolute atomic E-state index is 4.39. The van der Waals surface area contributed by atoms with Crippen LogP contribution in [0.4, 0.5) is 5.82 Å². The summed E-state index contributed by atoms with van der Waals surface area (Å²) in [6, 6.07) is 0. The molecule has 14 heavy (non-hydrogen) atoms. The lowest BCUT2D eigenvalue weighted by Gasteiger charge is -2.07. The summed E-state index contributed by atoms with van der Waals surface area (Å²) in [4.78, 5) is 8.64. The van der Waals surface area contributed by atoms with Gasteiger partial charge in [0.05, 0.1) is 11.4 Å². The first-order valence-corrected chi connectivity index (χ1v) is 6.16. The minimum absolute atomic E-state index is 0.922. The monoisotopic (exact) mass is 211 g/mol. The van der Waals surface area contributed by atoms with Crippen molar-refractivity contribution in [3.05, 3.63) is 17.6 Å². The number of hydrogen-bond acceptors (Lipinski definition) is 4. The third-order valence-electron chi connectivity index (χ3n) is 1.89. The molecule has 0 aliphatic heterocycles. The first-order chi connectivity index (χ1) is 6.74. The van der Waals surface area contributed by atoms with Gasteiger partial charge >= 0.3 is 0 Å². The van der Waals surface area contributed by atoms with Crippen LogP contribution < -0.4 is 5.32 Å². The number of rotatable bonds is 5. The molecular formula is C10H17N3S. The van der Waals surface area contributed by atoms with Crippen LogP contribution in [0, 0.1) is 13.8 Å². The Hall–Kier alpha value is -0.770. The molecule has 1 N–H and O–H groups in total. The van der Waals surface area contributed by atoms with Gasteiger partial charge in [-0.05, 0) is 32.3 Å². The Morgan fingerprint density at radius 2 is 2.21 bits per heavy atom. The number of nitrogens with zero attached hydrogens (tertiary/aromatic N) is 2. The molecule has 0 saturated heterocycles. The molecule has 0 spiro atoms. The summed E-state index contributed by atoms with van der Waals surface area (Å²) in [5.74, 6) is 2.11. The summed E-state index contributed by atoms with van der Waals surface area (Å²) < 4.78 is 0. The molecule has 0 aromatic carbocycles. The van der Waals surface area contributed by atoms with Crippen LogP contribution in [0.5, 0.6) is 0 Å². The quantitative estimate of drug-likeness (QED) is 0.758. The Morgan fingerprint density at radius 1 is 1.43 bits per heavy atom. The van der Waals surface area contributed by atoms with E-state index in [0.29, 0.717) is 0 Å². The molecule has 0 fully saturated rings. The van der Waals surface area contributed by atoms with Crippen molar-refractivity contribution in [2.45, 2.75) is 20.3 Å². The Kier molecular flexibility index (Phi) is 4.73. The molecule has 1 aromatic rings. The third-order valence-corrected chi connectivity index (χ3v) is 2.59. The molecule has 1 heterocycles. The second-order valence-corrected chi connectivity index (χ2v) is 4.20. The van der Waals surface area contributed by atoms with Gasteiger partial charge < -0.3 is 5.32 Å². The number of aromatic nitrogens is 2. The van der Waals surface area contributed by atoms with Crippen molar-refractivity contribution >= 4 is 17.6 Å². The van der Waals surface area contributed by atoms with Crippen LogP contribution in [0.15, 0.2) is 6.20 Å². The molecule has 0 amide bonds. The van der Waals surface area contributed by atoms with E-state index in [-0.39, 0.29) is 0 Å². The molecule has 1 aromatic heterocycles. The molecule has 0 saturated carbocycles. The molecule has 0 bridgehead atoms. The maximum atomic E-state index is 4.39. The van der Waals surface area contributed by atoms with Crippen molar-refractivity contribution in [1.82, 2.24) is 9.97 Å². The topological polar surface area (TPSA) is 37.8 Å². The minimum Gasteiger partial charge on any atom is -0.369 e. The lowest BCUT2D eigenvalue weighted by atomic mass is 10.4. The number of anilines is 1. The molecule has 0 aliphatic carbocycles. The highest BCUT2D eigenvalue weighted by Gasteiger charge is 1.99. The minimum atomic E-state index is 0.922. The molecule has 0 radical (unpaired) electrons. The van der Waals surface area contributed by atoms with E-state index in [1.807, 2.05) is 25.6 Å². The van der Waals surface area contributed by atoms with Gasteiger partial charge in [-0.3, -0.25) is 4.98 Å². The largest absolute Gasteiger partial charge is 0.369 e. The van der Waals surface area contributed by atoms with Crippen LogP contribution in [0.25, 0.3) is 0 Å². The Bertz CT molecular complexity index is 289. The van der Waals surface area contributed by atoms with Gasteiger partial charge in [0.25, 0.3) is 0 Å². The van der Waals surface area contributed by atoms with E-state index < -0.39 is 0 Å². The number of hydrogen-bond donors (Lipinski definition) is 1. The molecule has 78 valence electrons. The highest BCUT2D eigenvalue weighted by atomic mass is 32.2. The second-order valence-electron chi connectivity index (χ2n) is 3.22. The third kappa shape index (κ3) is 3.54. The molecule has 4 heteroatoms. The molecular weight excluding hydrogens is 194 g/mol. The van der Waals surface area contributed by atoms with Crippen LogP contribution in [0.3, 0.4) is 0 Å². The predicted octanol–water partition coefficient (Wildman–Crippen LogP) is 2.26. The molecule has 1 rings (SSSR count). The van der Waals surface area contributed by atoms with Crippen LogP contribution in [0.2, 0.25) is 0 Å². The van der Waals surface area contributed by atoms with E-state index in [2.05, 4.69) is 21.5 Å². The van der Waals surface area contributed by atoms with Gasteiger partial charge in [0.1, 0.15) is 5.82 Å². The predicted molar refractivity (Wildman–Crippen MR) is 63.0 cm³/mol. The van der Waals surface area contributed by atoms with E-state index in [1.165, 1.54) is 5.75 Å². The van der Waals surface area contributed by atoms with E-state index in [4.69, 9.17) is 0 Å². The zero-order valence-electron chi connectivity index (χ0n) is 9.00. The molecule has 0 atom stereocenters. The first-order valence-electron chi connectivity index (χ1n) is 4.77. The summed E-state index contributed by atoms with van der Waals surface area (Å²) in [6.07, 6.45) is 5.08. The lowest BCUT2D eigenvalue weighted by Crippen LogP contribution is -2.07. The summed E-state index contributed by atoms with van der Waals surface area (Å²) in [5, 5.41) is 3.30. The van der Waals surface area contributed by atoms with E-state index in [9.17, 15) is 0 Å². The van der Waals surface area contributed by atoms with E-state index in [1.54, 1.807) is 6.20 Å². The van der Waals surface area contributed by atoms with Gasteiger partial charge in [0.2, 0.25) is 0 Å². The SMILES string of the molecule is CSCCCNc1nc(C)cnc1C. The van der Waals surface area contributed by atoms with Gasteiger partial charge in [-0.15, -0.1) is 0 Å². The standard InChI is InChI=1S/C10H17N3S/c1-8-7-12-9(2)10(13-8)11-5-4-6-14-3/h7H,4-6H2,1-3H3,(H,11,13). The van der Waals surface area contributed by atoms with Gasteiger partial charge in [-0.1, -0.05) is 0 Å². The number of nitrogens with one attached hydrogen (secondary N) is 1. The van der Waals surface area contributed by atoms with Gasteiger partial charge in [-0.2, -0.15) is 11.8 Å². The molecule has 0 unspecified atom stereocenters. The smallest absolute Gasteiger partial charge is 0.147 e. The Labute approximate surface area is 89.7 Å². The van der Waals surface area contributed by atoms with Crippen LogP contribution in [0.1, 0.15) is 17.8 Å². The van der Waals surface area contributed by atoms with Crippen LogP contribution in [-0.4, -0.2) is 28.5 Å². The maximum Gasteiger partial charge on any atom is 0.147 e. The van der Waals surface area contributed by atoms with Crippen molar-refractivity contribution in [3.63, 3.8) is 0 Å². The van der Waals surface area contributed by atoms with Crippen LogP contribution in [-0.2, 0) is 0 Å². The highest BCUT2D eigenvalue weighted by molar-refractivity contribution is 7.98. The fourth-order valence-electron chi connectivity index (χ4n) is 1.13. The first kappa shape index (κ1) is 11.3. The fraction of sp³-hybridized carbons (Fsp3) is 0.600. The highest BCUT2D eigenvalue weighted by Crippen LogP contribution is 2.08. The molecule has 0 aliphatic rings. The van der Waals surface area contributed by atoms with Crippen molar-refractivity contribution in [3.8, 4) is 0 Å². The lowest BCUT2D eigenvalue weighted by molar-refractivity contribution is 0.958. The van der Waals surface area contributed by atoms with Gasteiger partial charge in [0.15, 0.2) is 0 Å². The van der Waals surface area contributed by atoms with E-state index in [0.717, 1.165) is 30.2 Å². The van der Waals surface area contributed by atoms with Crippen molar-refractivity contribution < 1.29 is 0 Å². The van der Waals surface area contributed by atoms with Gasteiger partial charge in [0, 0.05) is 12.7 Å². The van der Waals surface area contributed by atoms with Crippen LogP contribution >= 0.6 is 11.8 Å². The normalized spacial score (nSPS) is 10.2. The van der Waals surface area contributed by atoms with E-state index >= 15 is 0 Å². The number of aryl methyl sites for hydroxylation is 2. The summed E-state index contributed by atoms with van der Waals surface area (Å²) in [6.45, 7) is 4.91. The zero-order valence-corrected chi connectivity index (χ0v) is 9.82. The fourth-order valence-corrected chi connectivity index (χ4v) is 1.56. The Morgan fingerprint density at radius 3 is 2.93 bits per heavy atom. The average molecular weight is 211 g/mol. The molecule has 3 nitrogen and oxygen atoms in total. The van der Waals surface area contributed by atoms with Crippen molar-refractivity contribution in [2.24, 2.45) is 0 Å². The average Bonchev–Trinajstić information content (AvgIpc) is 2.18. The second kappa shape index (κ2) is 5.86. The summed E-state index contributed by atoms with van der Waals surface area (Å²) >= 11 is 1.87. The summed E-state index contributed by atoms with van der Waals surface area (Å²) in [7, 11) is 0. The number of thioether (sulfide) groups is 1. The van der Waals surface area contributed by atoms with Crippen molar-refractivity contribution in [1.29, 1.82) is 0 Å². The van der Waals surface area contributed by atoms with Crippen molar-refractivity contribution in [2.75, 3.05) is 23.9 Å². The zero-order chi connectivity index (χ0) is 10.4. The van der Waals surface area contributed by atoms with Gasteiger partial charge in [-0.25, -0.2) is 4.98 Å². The summed E-state index contributed by atoms with van der Waals surface area (Å²) in [5.41, 5.74) is 1.93.